The maximum Gasteiger partial charge on any atom is 0.297 e. The van der Waals surface area contributed by atoms with Crippen molar-refractivity contribution in [3.05, 3.63) is 78.6 Å². The van der Waals surface area contributed by atoms with Crippen molar-refractivity contribution in [2.45, 2.75) is 6.54 Å². The van der Waals surface area contributed by atoms with Crippen LogP contribution in [0.3, 0.4) is 0 Å². The first kappa shape index (κ1) is 17.3. The number of para-hydroxylation sites is 2. The number of carbonyl (C=O) groups excluding carboxylic acids is 1. The predicted octanol–water partition coefficient (Wildman–Crippen LogP) is 4.69. The van der Waals surface area contributed by atoms with Crippen LogP contribution < -0.4 is 0 Å². The number of fused-ring (bicyclic) bond motifs is 1. The van der Waals surface area contributed by atoms with Crippen molar-refractivity contribution >= 4 is 22.5 Å². The highest BCUT2D eigenvalue weighted by molar-refractivity contribution is 5.99. The minimum atomic E-state index is -0.502. The van der Waals surface area contributed by atoms with Crippen LogP contribution in [0.4, 0.5) is 5.69 Å². The molecule has 4 rings (SSSR count). The van der Waals surface area contributed by atoms with Gasteiger partial charge in [-0.3, -0.25) is 9.36 Å². The van der Waals surface area contributed by atoms with Crippen LogP contribution in [0.15, 0.2) is 83.3 Å². The summed E-state index contributed by atoms with van der Waals surface area (Å²) in [6.07, 6.45) is 9.10. The van der Waals surface area contributed by atoms with Crippen LogP contribution in [0.2, 0.25) is 0 Å². The molecule has 4 aromatic rings. The van der Waals surface area contributed by atoms with Crippen molar-refractivity contribution in [1.82, 2.24) is 9.13 Å². The summed E-state index contributed by atoms with van der Waals surface area (Å²) < 4.78 is 3.39. The molecule has 28 heavy (non-hydrogen) atoms. The van der Waals surface area contributed by atoms with Crippen molar-refractivity contribution in [2.75, 3.05) is 0 Å². The zero-order valence-electron chi connectivity index (χ0n) is 14.9. The Hall–Kier alpha value is -4.11. The smallest absolute Gasteiger partial charge is 0.297 e. The molecule has 0 fully saturated rings. The van der Waals surface area contributed by atoms with Gasteiger partial charge in [0.2, 0.25) is 5.88 Å². The summed E-state index contributed by atoms with van der Waals surface area (Å²) in [6, 6.07) is 18.2. The Kier molecular flexibility index (Phi) is 4.48. The van der Waals surface area contributed by atoms with Crippen molar-refractivity contribution in [3.63, 3.8) is 0 Å². The van der Waals surface area contributed by atoms with Gasteiger partial charge in [-0.25, -0.2) is 0 Å². The minimum absolute atomic E-state index is 0.116. The van der Waals surface area contributed by atoms with E-state index in [0.29, 0.717) is 16.6 Å². The summed E-state index contributed by atoms with van der Waals surface area (Å²) in [5.74, 6) is 1.89. The second-order valence-electron chi connectivity index (χ2n) is 6.09. The van der Waals surface area contributed by atoms with Gasteiger partial charge in [0.1, 0.15) is 0 Å². The molecule has 0 radical (unpaired) electrons. The Labute approximate surface area is 161 Å². The lowest BCUT2D eigenvalue weighted by molar-refractivity contribution is 0.0995. The molecule has 6 heteroatoms. The average Bonchev–Trinajstić information content (AvgIpc) is 3.35. The summed E-state index contributed by atoms with van der Waals surface area (Å²) in [7, 11) is 0. The van der Waals surface area contributed by atoms with E-state index >= 15 is 0 Å². The Morgan fingerprint density at radius 2 is 1.75 bits per heavy atom. The largest absolute Gasteiger partial charge is 0.493 e. The molecule has 1 amide bonds. The Morgan fingerprint density at radius 3 is 2.54 bits per heavy atom. The number of terminal acetylenes is 1. The number of hydrogen-bond donors (Lipinski definition) is 1. The number of hydrogen-bond acceptors (Lipinski definition) is 3. The van der Waals surface area contributed by atoms with Gasteiger partial charge in [-0.1, -0.05) is 36.3 Å². The second kappa shape index (κ2) is 7.25. The number of rotatable bonds is 4. The van der Waals surface area contributed by atoms with Crippen LogP contribution >= 0.6 is 0 Å². The number of aromatic nitrogens is 2. The topological polar surface area (TPSA) is 71.9 Å². The van der Waals surface area contributed by atoms with Crippen molar-refractivity contribution in [1.29, 1.82) is 0 Å². The molecule has 0 bridgehead atoms. The fourth-order valence-corrected chi connectivity index (χ4v) is 3.15. The summed E-state index contributed by atoms with van der Waals surface area (Å²) in [5.41, 5.74) is 2.06. The molecule has 0 aliphatic carbocycles. The summed E-state index contributed by atoms with van der Waals surface area (Å²) >= 11 is 0. The van der Waals surface area contributed by atoms with E-state index in [1.54, 1.807) is 22.8 Å². The maximum atomic E-state index is 12.7. The fraction of sp³-hybridized carbons (Fsp3) is 0.0455. The highest BCUT2D eigenvalue weighted by Crippen LogP contribution is 2.38. The number of azo groups is 1. The van der Waals surface area contributed by atoms with Crippen LogP contribution in [0.1, 0.15) is 10.4 Å². The first-order chi connectivity index (χ1) is 13.7. The van der Waals surface area contributed by atoms with Crippen LogP contribution in [0.25, 0.3) is 16.6 Å². The minimum Gasteiger partial charge on any atom is -0.493 e. The van der Waals surface area contributed by atoms with Crippen LogP contribution in [0, 0.1) is 12.3 Å². The van der Waals surface area contributed by atoms with Gasteiger partial charge < -0.3 is 9.67 Å². The maximum absolute atomic E-state index is 12.7. The second-order valence-corrected chi connectivity index (χ2v) is 6.09. The van der Waals surface area contributed by atoms with E-state index in [0.717, 1.165) is 5.52 Å². The predicted molar refractivity (Wildman–Crippen MR) is 107 cm³/mol. The molecule has 0 saturated carbocycles. The molecule has 0 saturated heterocycles. The third-order valence-corrected chi connectivity index (χ3v) is 4.42. The van der Waals surface area contributed by atoms with Gasteiger partial charge in [0, 0.05) is 17.8 Å². The van der Waals surface area contributed by atoms with E-state index in [2.05, 4.69) is 16.1 Å². The number of nitrogens with zero attached hydrogens (tertiary/aromatic N) is 4. The van der Waals surface area contributed by atoms with Gasteiger partial charge in [0.05, 0.1) is 23.3 Å². The van der Waals surface area contributed by atoms with Gasteiger partial charge in [0.25, 0.3) is 5.91 Å². The van der Waals surface area contributed by atoms with Gasteiger partial charge in [0.15, 0.2) is 5.69 Å². The van der Waals surface area contributed by atoms with E-state index in [1.807, 2.05) is 59.4 Å². The molecular formula is C22H16N4O2. The Morgan fingerprint density at radius 1 is 1.04 bits per heavy atom. The lowest BCUT2D eigenvalue weighted by atomic mass is 10.1. The lowest BCUT2D eigenvalue weighted by Gasteiger charge is -2.06. The van der Waals surface area contributed by atoms with Crippen molar-refractivity contribution in [3.8, 4) is 23.9 Å². The molecule has 0 atom stereocenters. The third kappa shape index (κ3) is 2.95. The molecule has 2 aromatic heterocycles. The van der Waals surface area contributed by atoms with Crippen molar-refractivity contribution in [2.24, 2.45) is 10.2 Å². The number of benzene rings is 2. The van der Waals surface area contributed by atoms with Gasteiger partial charge >= 0.3 is 0 Å². The molecule has 0 unspecified atom stereocenters. The molecule has 2 aromatic carbocycles. The summed E-state index contributed by atoms with van der Waals surface area (Å²) in [4.78, 5) is 12.7. The van der Waals surface area contributed by atoms with Crippen LogP contribution in [-0.4, -0.2) is 20.1 Å². The van der Waals surface area contributed by atoms with Gasteiger partial charge in [-0.2, -0.15) is 0 Å². The molecule has 1 N–H and O–H groups in total. The molecule has 0 aliphatic heterocycles. The summed E-state index contributed by atoms with van der Waals surface area (Å²) in [5, 5.41) is 19.1. The van der Waals surface area contributed by atoms with E-state index in [9.17, 15) is 9.90 Å². The van der Waals surface area contributed by atoms with E-state index in [1.165, 1.54) is 0 Å². The normalized spacial score (nSPS) is 11.1. The average molecular weight is 368 g/mol. The lowest BCUT2D eigenvalue weighted by Crippen LogP contribution is -2.02. The number of amides is 1. The highest BCUT2D eigenvalue weighted by Gasteiger charge is 2.17. The van der Waals surface area contributed by atoms with Gasteiger partial charge in [-0.05, 0) is 30.3 Å². The molecule has 0 spiro atoms. The molecule has 136 valence electrons. The van der Waals surface area contributed by atoms with E-state index in [4.69, 9.17) is 6.42 Å². The SMILES string of the molecule is C#CCn1c(O)c(N=NC(=O)c2ccccc2-n2cccc2)c2ccccc21. The van der Waals surface area contributed by atoms with E-state index in [-0.39, 0.29) is 18.1 Å². The van der Waals surface area contributed by atoms with Crippen molar-refractivity contribution < 1.29 is 9.90 Å². The third-order valence-electron chi connectivity index (χ3n) is 4.42. The first-order valence-corrected chi connectivity index (χ1v) is 8.63. The zero-order chi connectivity index (χ0) is 19.5. The fourth-order valence-electron chi connectivity index (χ4n) is 3.15. The first-order valence-electron chi connectivity index (χ1n) is 8.63. The quantitative estimate of drug-likeness (QED) is 0.419. The highest BCUT2D eigenvalue weighted by atomic mass is 16.3. The monoisotopic (exact) mass is 368 g/mol. The Balaban J connectivity index is 1.75. The summed E-state index contributed by atoms with van der Waals surface area (Å²) in [6.45, 7) is 0.187. The Bertz CT molecular complexity index is 1230. The molecule has 0 aliphatic rings. The zero-order valence-corrected chi connectivity index (χ0v) is 14.9. The van der Waals surface area contributed by atoms with Crippen LogP contribution in [-0.2, 0) is 6.54 Å². The number of aromatic hydroxyl groups is 1. The molecule has 2 heterocycles. The number of carbonyl (C=O) groups is 1. The molecular weight excluding hydrogens is 352 g/mol. The van der Waals surface area contributed by atoms with E-state index < -0.39 is 5.91 Å². The molecule has 6 nitrogen and oxygen atoms in total. The van der Waals surface area contributed by atoms with Gasteiger partial charge in [-0.15, -0.1) is 16.7 Å². The standard InChI is InChI=1S/C22H16N4O2/c1-2-13-26-19-12-6-3-9-16(19)20(22(26)28)23-24-21(27)17-10-4-5-11-18(17)25-14-7-8-15-25/h1,3-12,14-15,28H,13H2. The van der Waals surface area contributed by atoms with Crippen LogP contribution in [0.5, 0.6) is 5.88 Å².